The van der Waals surface area contributed by atoms with E-state index in [0.717, 1.165) is 18.4 Å². The molecule has 2 rings (SSSR count). The van der Waals surface area contributed by atoms with Crippen LogP contribution in [0, 0.1) is 0 Å². The highest BCUT2D eigenvalue weighted by atomic mass is 32.2. The van der Waals surface area contributed by atoms with Crippen LogP contribution >= 0.6 is 11.3 Å². The average Bonchev–Trinajstić information content (AvgIpc) is 2.97. The highest BCUT2D eigenvalue weighted by molar-refractivity contribution is 7.91. The van der Waals surface area contributed by atoms with E-state index < -0.39 is 10.0 Å². The highest BCUT2D eigenvalue weighted by Gasteiger charge is 2.37. The number of nitrogens with one attached hydrogen (secondary N) is 1. The number of hydrogen-bond donors (Lipinski definition) is 1. The summed E-state index contributed by atoms with van der Waals surface area (Å²) in [5.74, 6) is 0. The van der Waals surface area contributed by atoms with Crippen LogP contribution in [0.4, 0.5) is 0 Å². The molecule has 1 aliphatic rings. The van der Waals surface area contributed by atoms with Crippen molar-refractivity contribution >= 4 is 21.4 Å². The van der Waals surface area contributed by atoms with Crippen molar-refractivity contribution in [2.24, 2.45) is 0 Å². The summed E-state index contributed by atoms with van der Waals surface area (Å²) in [6.45, 7) is 3.17. The molecule has 1 aromatic rings. The van der Waals surface area contributed by atoms with Crippen molar-refractivity contribution in [2.45, 2.75) is 36.6 Å². The normalized spacial score (nSPS) is 16.6. The molecule has 0 unspecified atom stereocenters. The Kier molecular flexibility index (Phi) is 3.87. The molecule has 0 spiro atoms. The zero-order chi connectivity index (χ0) is 12.5. The van der Waals surface area contributed by atoms with Crippen LogP contribution in [0.2, 0.25) is 0 Å². The Hall–Kier alpha value is -0.430. The lowest BCUT2D eigenvalue weighted by Crippen LogP contribution is -2.32. The maximum Gasteiger partial charge on any atom is 0.252 e. The summed E-state index contributed by atoms with van der Waals surface area (Å²) in [6, 6.07) is 2.02. The average molecular weight is 274 g/mol. The third-order valence-corrected chi connectivity index (χ3v) is 6.33. The van der Waals surface area contributed by atoms with Gasteiger partial charge in [-0.05, 0) is 36.9 Å². The minimum absolute atomic E-state index is 0.236. The molecule has 0 radical (unpaired) electrons. The van der Waals surface area contributed by atoms with Gasteiger partial charge in [-0.2, -0.15) is 4.31 Å². The summed E-state index contributed by atoms with van der Waals surface area (Å²) >= 11 is 1.32. The van der Waals surface area contributed by atoms with Gasteiger partial charge < -0.3 is 5.32 Å². The van der Waals surface area contributed by atoms with E-state index in [4.69, 9.17) is 0 Å². The second kappa shape index (κ2) is 5.06. The SMILES string of the molecule is CCN(C1CC1)S(=O)(=O)c1cc(CNC)cs1. The fourth-order valence-corrected chi connectivity index (χ4v) is 4.92. The second-order valence-electron chi connectivity index (χ2n) is 4.24. The van der Waals surface area contributed by atoms with E-state index in [0.29, 0.717) is 17.3 Å². The predicted octanol–water partition coefficient (Wildman–Crippen LogP) is 1.64. The van der Waals surface area contributed by atoms with Gasteiger partial charge in [0.2, 0.25) is 0 Å². The Morgan fingerprint density at radius 2 is 2.24 bits per heavy atom. The van der Waals surface area contributed by atoms with Gasteiger partial charge in [0.1, 0.15) is 4.21 Å². The molecule has 0 aromatic carbocycles. The Balaban J connectivity index is 2.23. The van der Waals surface area contributed by atoms with Crippen molar-refractivity contribution in [3.63, 3.8) is 0 Å². The fourth-order valence-electron chi connectivity index (χ4n) is 1.89. The summed E-state index contributed by atoms with van der Waals surface area (Å²) < 4.78 is 26.9. The predicted molar refractivity (Wildman–Crippen MR) is 69.7 cm³/mol. The monoisotopic (exact) mass is 274 g/mol. The number of hydrogen-bond acceptors (Lipinski definition) is 4. The molecule has 1 fully saturated rings. The minimum Gasteiger partial charge on any atom is -0.316 e. The smallest absolute Gasteiger partial charge is 0.252 e. The van der Waals surface area contributed by atoms with Crippen LogP contribution in [-0.2, 0) is 16.6 Å². The molecular formula is C11H18N2O2S2. The van der Waals surface area contributed by atoms with Gasteiger partial charge in [-0.3, -0.25) is 0 Å². The lowest BCUT2D eigenvalue weighted by Gasteiger charge is -2.18. The molecule has 96 valence electrons. The third kappa shape index (κ3) is 2.70. The van der Waals surface area contributed by atoms with Crippen molar-refractivity contribution in [1.29, 1.82) is 0 Å². The molecule has 4 nitrogen and oxygen atoms in total. The molecule has 17 heavy (non-hydrogen) atoms. The largest absolute Gasteiger partial charge is 0.316 e. The van der Waals surface area contributed by atoms with Crippen LogP contribution in [0.15, 0.2) is 15.7 Å². The van der Waals surface area contributed by atoms with Crippen LogP contribution in [0.3, 0.4) is 0 Å². The van der Waals surface area contributed by atoms with Gasteiger partial charge in [-0.1, -0.05) is 6.92 Å². The topological polar surface area (TPSA) is 49.4 Å². The van der Waals surface area contributed by atoms with Crippen LogP contribution in [0.25, 0.3) is 0 Å². The van der Waals surface area contributed by atoms with Crippen LogP contribution in [0.1, 0.15) is 25.3 Å². The molecular weight excluding hydrogens is 256 g/mol. The lowest BCUT2D eigenvalue weighted by molar-refractivity contribution is 0.422. The van der Waals surface area contributed by atoms with Crippen molar-refractivity contribution in [1.82, 2.24) is 9.62 Å². The molecule has 1 saturated carbocycles. The number of rotatable bonds is 6. The van der Waals surface area contributed by atoms with E-state index in [1.165, 1.54) is 11.3 Å². The first kappa shape index (κ1) is 13.0. The van der Waals surface area contributed by atoms with E-state index in [9.17, 15) is 8.42 Å². The van der Waals surface area contributed by atoms with Crippen LogP contribution in [-0.4, -0.2) is 32.4 Å². The summed E-state index contributed by atoms with van der Waals surface area (Å²) in [4.78, 5) is 0. The van der Waals surface area contributed by atoms with E-state index in [1.807, 2.05) is 19.4 Å². The van der Waals surface area contributed by atoms with E-state index in [2.05, 4.69) is 5.32 Å². The van der Waals surface area contributed by atoms with Gasteiger partial charge >= 0.3 is 0 Å². The molecule has 0 aliphatic heterocycles. The van der Waals surface area contributed by atoms with E-state index in [1.54, 1.807) is 10.4 Å². The third-order valence-electron chi connectivity index (χ3n) is 2.84. The van der Waals surface area contributed by atoms with Crippen molar-refractivity contribution in [3.05, 3.63) is 17.0 Å². The Morgan fingerprint density at radius 1 is 1.53 bits per heavy atom. The molecule has 0 atom stereocenters. The van der Waals surface area contributed by atoms with Crippen molar-refractivity contribution < 1.29 is 8.42 Å². The van der Waals surface area contributed by atoms with E-state index >= 15 is 0 Å². The van der Waals surface area contributed by atoms with Crippen LogP contribution < -0.4 is 5.32 Å². The first-order valence-corrected chi connectivity index (χ1v) is 8.15. The maximum absolute atomic E-state index is 12.4. The number of thiophene rings is 1. The first-order valence-electron chi connectivity index (χ1n) is 5.83. The van der Waals surface area contributed by atoms with Gasteiger partial charge in [-0.15, -0.1) is 11.3 Å². The summed E-state index contributed by atoms with van der Waals surface area (Å²) in [7, 11) is -1.41. The van der Waals surface area contributed by atoms with Crippen molar-refractivity contribution in [3.8, 4) is 0 Å². The summed E-state index contributed by atoms with van der Waals surface area (Å²) in [5.41, 5.74) is 1.03. The second-order valence-corrected chi connectivity index (χ2v) is 7.27. The molecule has 0 amide bonds. The Bertz CT molecular complexity index is 477. The quantitative estimate of drug-likeness (QED) is 0.858. The van der Waals surface area contributed by atoms with Gasteiger partial charge in [0, 0.05) is 19.1 Å². The van der Waals surface area contributed by atoms with Gasteiger partial charge in [0.25, 0.3) is 10.0 Å². The maximum atomic E-state index is 12.4. The van der Waals surface area contributed by atoms with Crippen molar-refractivity contribution in [2.75, 3.05) is 13.6 Å². The number of nitrogens with zero attached hydrogens (tertiary/aromatic N) is 1. The van der Waals surface area contributed by atoms with E-state index in [-0.39, 0.29) is 6.04 Å². The Labute approximate surface area is 107 Å². The van der Waals surface area contributed by atoms with Crippen LogP contribution in [0.5, 0.6) is 0 Å². The minimum atomic E-state index is -3.26. The van der Waals surface area contributed by atoms with Gasteiger partial charge in [0.05, 0.1) is 0 Å². The lowest BCUT2D eigenvalue weighted by atomic mass is 10.3. The first-order chi connectivity index (χ1) is 8.09. The van der Waals surface area contributed by atoms with Gasteiger partial charge in [0.15, 0.2) is 0 Å². The van der Waals surface area contributed by atoms with Gasteiger partial charge in [-0.25, -0.2) is 8.42 Å². The molecule has 6 heteroatoms. The molecule has 1 N–H and O–H groups in total. The molecule has 0 bridgehead atoms. The molecule has 1 heterocycles. The fraction of sp³-hybridized carbons (Fsp3) is 0.636. The molecule has 0 saturated heterocycles. The summed E-state index contributed by atoms with van der Waals surface area (Å²) in [5, 5.41) is 4.93. The Morgan fingerprint density at radius 3 is 2.76 bits per heavy atom. The summed E-state index contributed by atoms with van der Waals surface area (Å²) in [6.07, 6.45) is 2.00. The zero-order valence-corrected chi connectivity index (χ0v) is 11.8. The number of sulfonamides is 1. The highest BCUT2D eigenvalue weighted by Crippen LogP contribution is 2.33. The standard InChI is InChI=1S/C11H18N2O2S2/c1-3-13(10-4-5-10)17(14,15)11-6-9(7-12-2)8-16-11/h6,8,10,12H,3-5,7H2,1-2H3. The molecule has 1 aromatic heterocycles. The zero-order valence-electron chi connectivity index (χ0n) is 10.1. The molecule has 1 aliphatic carbocycles.